The third kappa shape index (κ3) is 2.30. The van der Waals surface area contributed by atoms with Crippen LogP contribution in [-0.4, -0.2) is 13.2 Å². The Morgan fingerprint density at radius 3 is 3.00 bits per heavy atom. The summed E-state index contributed by atoms with van der Waals surface area (Å²) in [4.78, 5) is 2.63. The van der Waals surface area contributed by atoms with E-state index in [1.165, 1.54) is 16.2 Å². The van der Waals surface area contributed by atoms with Gasteiger partial charge in [0.2, 0.25) is 0 Å². The number of ether oxygens (including phenoxy) is 1. The molecule has 0 radical (unpaired) electrons. The zero-order chi connectivity index (χ0) is 9.97. The normalized spacial score (nSPS) is 24.9. The van der Waals surface area contributed by atoms with Gasteiger partial charge < -0.3 is 4.74 Å². The molecular weight excluding hydrogens is 216 g/mol. The maximum atomic E-state index is 6.43. The first-order chi connectivity index (χ1) is 6.77. The first-order valence-corrected chi connectivity index (χ1v) is 6.31. The van der Waals surface area contributed by atoms with Crippen LogP contribution in [-0.2, 0) is 4.74 Å². The van der Waals surface area contributed by atoms with Gasteiger partial charge in [-0.15, -0.1) is 22.9 Å². The minimum absolute atomic E-state index is 0.147. The fraction of sp³-hybridized carbons (Fsp3) is 0.636. The SMILES string of the molecule is Cc1ccc(C(Cl)C2CCCOC2)s1. The Balaban J connectivity index is 2.03. The van der Waals surface area contributed by atoms with Crippen molar-refractivity contribution in [3.8, 4) is 0 Å². The van der Waals surface area contributed by atoms with E-state index < -0.39 is 0 Å². The van der Waals surface area contributed by atoms with Gasteiger partial charge in [-0.2, -0.15) is 0 Å². The molecule has 1 nitrogen and oxygen atoms in total. The highest BCUT2D eigenvalue weighted by atomic mass is 35.5. The Bertz CT molecular complexity index is 291. The van der Waals surface area contributed by atoms with E-state index in [0.29, 0.717) is 5.92 Å². The average molecular weight is 231 g/mol. The first kappa shape index (κ1) is 10.5. The van der Waals surface area contributed by atoms with Gasteiger partial charge in [0.25, 0.3) is 0 Å². The van der Waals surface area contributed by atoms with Crippen molar-refractivity contribution >= 4 is 22.9 Å². The molecule has 0 bridgehead atoms. The van der Waals surface area contributed by atoms with Crippen LogP contribution in [0.3, 0.4) is 0 Å². The average Bonchev–Trinajstić information content (AvgIpc) is 2.65. The predicted octanol–water partition coefficient (Wildman–Crippen LogP) is 3.76. The molecule has 1 aliphatic heterocycles. The van der Waals surface area contributed by atoms with Gasteiger partial charge >= 0.3 is 0 Å². The van der Waals surface area contributed by atoms with Crippen molar-refractivity contribution in [1.82, 2.24) is 0 Å². The number of alkyl halides is 1. The van der Waals surface area contributed by atoms with Gasteiger partial charge in [0.05, 0.1) is 12.0 Å². The summed E-state index contributed by atoms with van der Waals surface area (Å²) in [5, 5.41) is 0.147. The van der Waals surface area contributed by atoms with Crippen molar-refractivity contribution < 1.29 is 4.74 Å². The van der Waals surface area contributed by atoms with Gasteiger partial charge in [-0.3, -0.25) is 0 Å². The van der Waals surface area contributed by atoms with Crippen LogP contribution < -0.4 is 0 Å². The molecule has 0 saturated carbocycles. The zero-order valence-corrected chi connectivity index (χ0v) is 9.90. The minimum Gasteiger partial charge on any atom is -0.381 e. The molecular formula is C11H15ClOS. The molecule has 1 aromatic rings. The Kier molecular flexibility index (Phi) is 3.47. The molecule has 1 saturated heterocycles. The summed E-state index contributed by atoms with van der Waals surface area (Å²) in [6.45, 7) is 3.85. The maximum absolute atomic E-state index is 6.43. The molecule has 1 aromatic heterocycles. The van der Waals surface area contributed by atoms with Gasteiger partial charge in [-0.05, 0) is 31.9 Å². The van der Waals surface area contributed by atoms with Crippen LogP contribution in [0.2, 0.25) is 0 Å². The summed E-state index contributed by atoms with van der Waals surface area (Å²) in [5.74, 6) is 0.503. The number of aryl methyl sites for hydroxylation is 1. The summed E-state index contributed by atoms with van der Waals surface area (Å²) >= 11 is 8.23. The zero-order valence-electron chi connectivity index (χ0n) is 8.33. The Labute approximate surface area is 94.0 Å². The van der Waals surface area contributed by atoms with Crippen LogP contribution in [0, 0.1) is 12.8 Å². The lowest BCUT2D eigenvalue weighted by atomic mass is 9.97. The molecule has 3 heteroatoms. The van der Waals surface area contributed by atoms with Crippen molar-refractivity contribution in [3.05, 3.63) is 21.9 Å². The van der Waals surface area contributed by atoms with E-state index >= 15 is 0 Å². The largest absolute Gasteiger partial charge is 0.381 e. The summed E-state index contributed by atoms with van der Waals surface area (Å²) in [6, 6.07) is 4.28. The molecule has 1 aliphatic rings. The third-order valence-corrected chi connectivity index (χ3v) is 4.45. The number of halogens is 1. The quantitative estimate of drug-likeness (QED) is 0.703. The van der Waals surface area contributed by atoms with E-state index in [2.05, 4.69) is 19.1 Å². The Morgan fingerprint density at radius 1 is 1.57 bits per heavy atom. The number of hydrogen-bond acceptors (Lipinski definition) is 2. The summed E-state index contributed by atoms with van der Waals surface area (Å²) in [5.41, 5.74) is 0. The maximum Gasteiger partial charge on any atom is 0.0728 e. The highest BCUT2D eigenvalue weighted by molar-refractivity contribution is 7.12. The van der Waals surface area contributed by atoms with Crippen LogP contribution >= 0.6 is 22.9 Å². The molecule has 2 heterocycles. The lowest BCUT2D eigenvalue weighted by molar-refractivity contribution is 0.0534. The minimum atomic E-state index is 0.147. The van der Waals surface area contributed by atoms with Gasteiger partial charge in [-0.1, -0.05) is 0 Å². The molecule has 78 valence electrons. The second-order valence-electron chi connectivity index (χ2n) is 3.83. The number of hydrogen-bond donors (Lipinski definition) is 0. The van der Waals surface area contributed by atoms with Crippen molar-refractivity contribution in [2.45, 2.75) is 25.1 Å². The molecule has 1 fully saturated rings. The summed E-state index contributed by atoms with van der Waals surface area (Å²) in [7, 11) is 0. The molecule has 0 N–H and O–H groups in total. The Hall–Kier alpha value is -0.0500. The second kappa shape index (κ2) is 4.65. The fourth-order valence-corrected chi connectivity index (χ4v) is 3.18. The molecule has 0 aromatic carbocycles. The van der Waals surface area contributed by atoms with Gasteiger partial charge in [0.15, 0.2) is 0 Å². The van der Waals surface area contributed by atoms with Crippen LogP contribution in [0.4, 0.5) is 0 Å². The molecule has 0 aliphatic carbocycles. The van der Waals surface area contributed by atoms with E-state index in [4.69, 9.17) is 16.3 Å². The van der Waals surface area contributed by atoms with Crippen LogP contribution in [0.5, 0.6) is 0 Å². The van der Waals surface area contributed by atoms with E-state index in [1.807, 2.05) is 0 Å². The van der Waals surface area contributed by atoms with Crippen molar-refractivity contribution in [2.75, 3.05) is 13.2 Å². The number of thiophene rings is 1. The molecule has 2 rings (SSSR count). The summed E-state index contributed by atoms with van der Waals surface area (Å²) in [6.07, 6.45) is 2.35. The lowest BCUT2D eigenvalue weighted by Gasteiger charge is -2.25. The van der Waals surface area contributed by atoms with E-state index in [9.17, 15) is 0 Å². The molecule has 14 heavy (non-hydrogen) atoms. The fourth-order valence-electron chi connectivity index (χ4n) is 1.83. The van der Waals surface area contributed by atoms with Crippen LogP contribution in [0.1, 0.15) is 28.0 Å². The first-order valence-electron chi connectivity index (χ1n) is 5.05. The monoisotopic (exact) mass is 230 g/mol. The van der Waals surface area contributed by atoms with E-state index in [0.717, 1.165) is 19.6 Å². The number of rotatable bonds is 2. The predicted molar refractivity (Wildman–Crippen MR) is 61.2 cm³/mol. The standard InChI is InChI=1S/C11H15ClOS/c1-8-4-5-10(14-8)11(12)9-3-2-6-13-7-9/h4-5,9,11H,2-3,6-7H2,1H3. The van der Waals surface area contributed by atoms with Gasteiger partial charge in [0.1, 0.15) is 0 Å². The molecule has 0 amide bonds. The topological polar surface area (TPSA) is 9.23 Å². The molecule has 2 atom stereocenters. The van der Waals surface area contributed by atoms with Crippen LogP contribution in [0.25, 0.3) is 0 Å². The van der Waals surface area contributed by atoms with Gasteiger partial charge in [0, 0.05) is 22.3 Å². The molecule has 0 spiro atoms. The smallest absolute Gasteiger partial charge is 0.0728 e. The Morgan fingerprint density at radius 2 is 2.43 bits per heavy atom. The van der Waals surface area contributed by atoms with Crippen molar-refractivity contribution in [2.24, 2.45) is 5.92 Å². The van der Waals surface area contributed by atoms with E-state index in [1.54, 1.807) is 11.3 Å². The van der Waals surface area contributed by atoms with E-state index in [-0.39, 0.29) is 5.38 Å². The van der Waals surface area contributed by atoms with Crippen molar-refractivity contribution in [3.63, 3.8) is 0 Å². The third-order valence-electron chi connectivity index (χ3n) is 2.64. The second-order valence-corrected chi connectivity index (χ2v) is 5.62. The lowest BCUT2D eigenvalue weighted by Crippen LogP contribution is -2.20. The molecule has 2 unspecified atom stereocenters. The van der Waals surface area contributed by atoms with Gasteiger partial charge in [-0.25, -0.2) is 0 Å². The summed E-state index contributed by atoms with van der Waals surface area (Å²) < 4.78 is 5.45. The highest BCUT2D eigenvalue weighted by Crippen LogP contribution is 2.37. The highest BCUT2D eigenvalue weighted by Gasteiger charge is 2.24. The van der Waals surface area contributed by atoms with Crippen LogP contribution in [0.15, 0.2) is 12.1 Å². The van der Waals surface area contributed by atoms with Crippen molar-refractivity contribution in [1.29, 1.82) is 0 Å².